The van der Waals surface area contributed by atoms with Crippen molar-refractivity contribution in [3.63, 3.8) is 0 Å². The van der Waals surface area contributed by atoms with Crippen molar-refractivity contribution in [2.75, 3.05) is 25.0 Å². The summed E-state index contributed by atoms with van der Waals surface area (Å²) in [5.74, 6) is 0.796. The van der Waals surface area contributed by atoms with Crippen LogP contribution < -0.4 is 10.6 Å². The smallest absolute Gasteiger partial charge is 0.319 e. The van der Waals surface area contributed by atoms with E-state index in [0.29, 0.717) is 13.1 Å². The Morgan fingerprint density at radius 3 is 2.67 bits per heavy atom. The molecule has 2 aromatic rings. The maximum Gasteiger partial charge on any atom is 0.319 e. The predicted molar refractivity (Wildman–Crippen MR) is 120 cm³/mol. The Kier molecular flexibility index (Phi) is 6.28. The number of aryl methyl sites for hydroxylation is 1. The van der Waals surface area contributed by atoms with Crippen molar-refractivity contribution in [1.29, 1.82) is 0 Å². The second-order valence-corrected chi connectivity index (χ2v) is 8.87. The summed E-state index contributed by atoms with van der Waals surface area (Å²) < 4.78 is 0. The maximum absolute atomic E-state index is 13.0. The van der Waals surface area contributed by atoms with Crippen molar-refractivity contribution in [1.82, 2.24) is 10.2 Å². The Hall–Kier alpha value is -2.53. The second kappa shape index (κ2) is 9.09. The summed E-state index contributed by atoms with van der Waals surface area (Å²) in [4.78, 5) is 27.2. The maximum atomic E-state index is 13.0. The minimum Gasteiger partial charge on any atom is -0.342 e. The molecule has 2 aliphatic rings. The molecule has 3 unspecified atom stereocenters. The lowest BCUT2D eigenvalue weighted by molar-refractivity contribution is -0.134. The highest BCUT2D eigenvalue weighted by molar-refractivity contribution is 6.31. The van der Waals surface area contributed by atoms with Gasteiger partial charge in [-0.15, -0.1) is 0 Å². The molecule has 1 saturated carbocycles. The van der Waals surface area contributed by atoms with Crippen LogP contribution in [0.15, 0.2) is 48.5 Å². The fraction of sp³-hybridized carbons (Fsp3) is 0.417. The largest absolute Gasteiger partial charge is 0.342 e. The summed E-state index contributed by atoms with van der Waals surface area (Å²) in [6.45, 7) is 4.09. The Morgan fingerprint density at radius 2 is 1.90 bits per heavy atom. The van der Waals surface area contributed by atoms with E-state index in [-0.39, 0.29) is 29.7 Å². The third-order valence-corrected chi connectivity index (χ3v) is 6.45. The van der Waals surface area contributed by atoms with Gasteiger partial charge in [0.25, 0.3) is 0 Å². The number of anilines is 1. The van der Waals surface area contributed by atoms with Crippen LogP contribution >= 0.6 is 11.6 Å². The molecule has 1 aliphatic carbocycles. The van der Waals surface area contributed by atoms with Crippen LogP contribution in [0.2, 0.25) is 5.02 Å². The Balaban J connectivity index is 1.25. The standard InChI is InChI=1S/C24H28ClN3O2/c1-16-8-10-18(11-9-16)27-24(30)26-14-17-5-4-12-28(15-17)23(29)21-13-20(21)19-6-2-3-7-22(19)25/h2-3,6-11,17,20-21H,4-5,12-15H2,1H3,(H2,26,27,30). The molecule has 3 amide bonds. The SMILES string of the molecule is Cc1ccc(NC(=O)NCC2CCCN(C(=O)C3CC3c3ccccc3Cl)C2)cc1. The van der Waals surface area contributed by atoms with Gasteiger partial charge in [-0.1, -0.05) is 47.5 Å². The topological polar surface area (TPSA) is 61.4 Å². The summed E-state index contributed by atoms with van der Waals surface area (Å²) in [7, 11) is 0. The molecule has 30 heavy (non-hydrogen) atoms. The molecule has 0 bridgehead atoms. The number of halogens is 1. The van der Waals surface area contributed by atoms with Gasteiger partial charge in [-0.2, -0.15) is 0 Å². The number of urea groups is 1. The number of piperidine rings is 1. The molecule has 0 spiro atoms. The quantitative estimate of drug-likeness (QED) is 0.721. The predicted octanol–water partition coefficient (Wildman–Crippen LogP) is 4.81. The second-order valence-electron chi connectivity index (χ2n) is 8.46. The van der Waals surface area contributed by atoms with Crippen molar-refractivity contribution in [3.8, 4) is 0 Å². The highest BCUT2D eigenvalue weighted by Crippen LogP contribution is 2.50. The molecule has 0 aromatic heterocycles. The first-order valence-corrected chi connectivity index (χ1v) is 11.0. The Morgan fingerprint density at radius 1 is 1.13 bits per heavy atom. The minimum absolute atomic E-state index is 0.0430. The number of amides is 3. The fourth-order valence-electron chi connectivity index (χ4n) is 4.30. The zero-order valence-corrected chi connectivity index (χ0v) is 18.0. The van der Waals surface area contributed by atoms with Gasteiger partial charge in [0.15, 0.2) is 0 Å². The van der Waals surface area contributed by atoms with E-state index in [4.69, 9.17) is 11.6 Å². The highest BCUT2D eigenvalue weighted by Gasteiger charge is 2.47. The molecule has 4 rings (SSSR count). The van der Waals surface area contributed by atoms with Crippen molar-refractivity contribution >= 4 is 29.2 Å². The van der Waals surface area contributed by atoms with Gasteiger partial charge in [0.05, 0.1) is 0 Å². The third kappa shape index (κ3) is 4.96. The summed E-state index contributed by atoms with van der Waals surface area (Å²) >= 11 is 6.30. The zero-order chi connectivity index (χ0) is 21.1. The number of hydrogen-bond acceptors (Lipinski definition) is 2. The van der Waals surface area contributed by atoms with Crippen LogP contribution in [-0.4, -0.2) is 36.5 Å². The van der Waals surface area contributed by atoms with E-state index in [9.17, 15) is 9.59 Å². The van der Waals surface area contributed by atoms with Crippen LogP contribution in [0, 0.1) is 18.8 Å². The van der Waals surface area contributed by atoms with Crippen molar-refractivity contribution in [3.05, 3.63) is 64.7 Å². The minimum atomic E-state index is -0.205. The molecule has 1 aliphatic heterocycles. The number of likely N-dealkylation sites (tertiary alicyclic amines) is 1. The van der Waals surface area contributed by atoms with E-state index in [1.165, 1.54) is 0 Å². The van der Waals surface area contributed by atoms with Gasteiger partial charge in [-0.05, 0) is 61.8 Å². The molecular weight excluding hydrogens is 398 g/mol. The number of carbonyl (C=O) groups excluding carboxylic acids is 2. The number of rotatable bonds is 5. The molecule has 1 saturated heterocycles. The lowest BCUT2D eigenvalue weighted by Gasteiger charge is -2.33. The van der Waals surface area contributed by atoms with E-state index < -0.39 is 0 Å². The number of hydrogen-bond donors (Lipinski definition) is 2. The molecule has 2 aromatic carbocycles. The molecule has 2 N–H and O–H groups in total. The van der Waals surface area contributed by atoms with Gasteiger partial charge >= 0.3 is 6.03 Å². The van der Waals surface area contributed by atoms with E-state index in [1.807, 2.05) is 60.4 Å². The van der Waals surface area contributed by atoms with Gasteiger partial charge in [-0.3, -0.25) is 4.79 Å². The first-order valence-electron chi connectivity index (χ1n) is 10.7. The first-order chi connectivity index (χ1) is 14.5. The van der Waals surface area contributed by atoms with E-state index in [1.54, 1.807) is 0 Å². The Labute approximate surface area is 182 Å². The fourth-order valence-corrected chi connectivity index (χ4v) is 4.58. The van der Waals surface area contributed by atoms with Gasteiger partial charge in [0.2, 0.25) is 5.91 Å². The van der Waals surface area contributed by atoms with E-state index in [0.717, 1.165) is 47.6 Å². The molecule has 158 valence electrons. The molecule has 3 atom stereocenters. The zero-order valence-electron chi connectivity index (χ0n) is 17.2. The summed E-state index contributed by atoms with van der Waals surface area (Å²) in [6, 6.07) is 15.3. The van der Waals surface area contributed by atoms with E-state index >= 15 is 0 Å². The van der Waals surface area contributed by atoms with Gasteiger partial charge in [0, 0.05) is 36.3 Å². The molecular formula is C24H28ClN3O2. The van der Waals surface area contributed by atoms with Crippen LogP contribution in [0.3, 0.4) is 0 Å². The third-order valence-electron chi connectivity index (χ3n) is 6.10. The van der Waals surface area contributed by atoms with Gasteiger partial charge in [-0.25, -0.2) is 4.79 Å². The lowest BCUT2D eigenvalue weighted by Crippen LogP contribution is -2.45. The average Bonchev–Trinajstić information content (AvgIpc) is 3.54. The van der Waals surface area contributed by atoms with Gasteiger partial charge < -0.3 is 15.5 Å². The number of nitrogens with one attached hydrogen (secondary N) is 2. The summed E-state index contributed by atoms with van der Waals surface area (Å²) in [5.41, 5.74) is 3.01. The van der Waals surface area contributed by atoms with E-state index in [2.05, 4.69) is 10.6 Å². The molecule has 2 fully saturated rings. The van der Waals surface area contributed by atoms with Crippen LogP contribution in [0.5, 0.6) is 0 Å². The van der Waals surface area contributed by atoms with Crippen molar-refractivity contribution < 1.29 is 9.59 Å². The average molecular weight is 426 g/mol. The van der Waals surface area contributed by atoms with Crippen LogP contribution in [0.25, 0.3) is 0 Å². The molecule has 1 heterocycles. The molecule has 5 nitrogen and oxygen atoms in total. The number of carbonyl (C=O) groups is 2. The normalized spacial score (nSPS) is 23.0. The van der Waals surface area contributed by atoms with Crippen LogP contribution in [0.1, 0.15) is 36.3 Å². The number of nitrogens with zero attached hydrogens (tertiary/aromatic N) is 1. The molecule has 0 radical (unpaired) electrons. The lowest BCUT2D eigenvalue weighted by atomic mass is 9.97. The number of benzene rings is 2. The van der Waals surface area contributed by atoms with Gasteiger partial charge in [0.1, 0.15) is 0 Å². The van der Waals surface area contributed by atoms with Crippen molar-refractivity contribution in [2.45, 2.75) is 32.1 Å². The van der Waals surface area contributed by atoms with Crippen molar-refractivity contribution in [2.24, 2.45) is 11.8 Å². The van der Waals surface area contributed by atoms with Crippen LogP contribution in [0.4, 0.5) is 10.5 Å². The summed E-state index contributed by atoms with van der Waals surface area (Å²) in [5, 5.41) is 6.56. The monoisotopic (exact) mass is 425 g/mol. The highest BCUT2D eigenvalue weighted by atomic mass is 35.5. The molecule has 6 heteroatoms. The first kappa shape index (κ1) is 20.7. The van der Waals surface area contributed by atoms with Crippen LogP contribution in [-0.2, 0) is 4.79 Å². The Bertz CT molecular complexity index is 915. The summed E-state index contributed by atoms with van der Waals surface area (Å²) in [6.07, 6.45) is 2.87.